The predicted octanol–water partition coefficient (Wildman–Crippen LogP) is 2.06. The zero-order valence-electron chi connectivity index (χ0n) is 6.22. The Morgan fingerprint density at radius 2 is 2.22 bits per heavy atom. The van der Waals surface area contributed by atoms with E-state index in [1.165, 1.54) is 5.57 Å². The van der Waals surface area contributed by atoms with E-state index in [2.05, 4.69) is 20.4 Å². The molecule has 1 heteroatoms. The van der Waals surface area contributed by atoms with Crippen LogP contribution < -0.4 is 5.73 Å². The Bertz CT molecular complexity index is 112. The molecule has 0 saturated heterocycles. The lowest BCUT2D eigenvalue weighted by molar-refractivity contribution is 0.744. The van der Waals surface area contributed by atoms with Crippen molar-refractivity contribution < 1.29 is 0 Å². The van der Waals surface area contributed by atoms with Gasteiger partial charge in [0.25, 0.3) is 0 Å². The van der Waals surface area contributed by atoms with Crippen molar-refractivity contribution in [2.45, 2.75) is 20.3 Å². The van der Waals surface area contributed by atoms with Gasteiger partial charge < -0.3 is 5.73 Å². The van der Waals surface area contributed by atoms with Gasteiger partial charge in [-0.15, -0.1) is 6.58 Å². The molecule has 0 aromatic carbocycles. The minimum Gasteiger partial charge on any atom is -0.405 e. The number of hydrogen-bond acceptors (Lipinski definition) is 1. The second-order valence-electron chi connectivity index (χ2n) is 2.39. The lowest BCUT2D eigenvalue weighted by Gasteiger charge is -2.05. The highest BCUT2D eigenvalue weighted by atomic mass is 14.5. The topological polar surface area (TPSA) is 26.0 Å². The van der Waals surface area contributed by atoms with E-state index in [1.807, 2.05) is 6.08 Å². The van der Waals surface area contributed by atoms with E-state index in [-0.39, 0.29) is 0 Å². The van der Waals surface area contributed by atoms with E-state index >= 15 is 0 Å². The maximum absolute atomic E-state index is 5.35. The van der Waals surface area contributed by atoms with Gasteiger partial charge >= 0.3 is 0 Å². The smallest absolute Gasteiger partial charge is 0.00647 e. The molecule has 0 aromatic heterocycles. The molecule has 0 aliphatic rings. The molecule has 0 rings (SSSR count). The molecular weight excluding hydrogens is 110 g/mol. The number of rotatable bonds is 3. The Morgan fingerprint density at radius 1 is 1.67 bits per heavy atom. The first-order chi connectivity index (χ1) is 4.22. The van der Waals surface area contributed by atoms with Crippen molar-refractivity contribution in [2.75, 3.05) is 0 Å². The molecule has 0 fully saturated rings. The Balaban J connectivity index is 3.84. The van der Waals surface area contributed by atoms with Crippen molar-refractivity contribution in [3.8, 4) is 0 Å². The Labute approximate surface area is 57.3 Å². The lowest BCUT2D eigenvalue weighted by Crippen LogP contribution is -1.96. The highest BCUT2D eigenvalue weighted by molar-refractivity contribution is 5.06. The summed E-state index contributed by atoms with van der Waals surface area (Å²) in [4.78, 5) is 0. The highest BCUT2D eigenvalue weighted by Gasteiger charge is 1.97. The molecule has 0 aliphatic heterocycles. The van der Waals surface area contributed by atoms with Gasteiger partial charge in [0.1, 0.15) is 0 Å². The molecule has 52 valence electrons. The van der Waals surface area contributed by atoms with Gasteiger partial charge in [-0.25, -0.2) is 0 Å². The fourth-order valence-corrected chi connectivity index (χ4v) is 0.663. The Morgan fingerprint density at radius 3 is 2.33 bits per heavy atom. The van der Waals surface area contributed by atoms with E-state index in [4.69, 9.17) is 5.73 Å². The van der Waals surface area contributed by atoms with Crippen LogP contribution in [0.3, 0.4) is 0 Å². The van der Waals surface area contributed by atoms with Crippen molar-refractivity contribution >= 4 is 0 Å². The third kappa shape index (κ3) is 2.96. The minimum absolute atomic E-state index is 0.549. The van der Waals surface area contributed by atoms with Gasteiger partial charge in [0.2, 0.25) is 0 Å². The quantitative estimate of drug-likeness (QED) is 0.574. The van der Waals surface area contributed by atoms with Crippen LogP contribution in [0.15, 0.2) is 24.4 Å². The van der Waals surface area contributed by atoms with E-state index in [0.29, 0.717) is 5.92 Å². The molecule has 0 atom stereocenters. The molecule has 0 heterocycles. The zero-order valence-corrected chi connectivity index (χ0v) is 6.22. The maximum atomic E-state index is 5.35. The molecule has 0 aromatic rings. The standard InChI is InChI=1S/C8H15N/c1-4-5-8(6-9)7(2)3/h4,6-7H,1,5,9H2,2-3H3/b8-6+. The van der Waals surface area contributed by atoms with Crippen LogP contribution in [0.4, 0.5) is 0 Å². The van der Waals surface area contributed by atoms with Crippen molar-refractivity contribution in [3.63, 3.8) is 0 Å². The molecule has 0 amide bonds. The summed E-state index contributed by atoms with van der Waals surface area (Å²) >= 11 is 0. The van der Waals surface area contributed by atoms with Crippen LogP contribution >= 0.6 is 0 Å². The Kier molecular flexibility index (Phi) is 3.85. The van der Waals surface area contributed by atoms with E-state index in [9.17, 15) is 0 Å². The van der Waals surface area contributed by atoms with Gasteiger partial charge in [-0.05, 0) is 24.1 Å². The summed E-state index contributed by atoms with van der Waals surface area (Å²) in [5.41, 5.74) is 6.60. The van der Waals surface area contributed by atoms with Crippen LogP contribution in [0.5, 0.6) is 0 Å². The van der Waals surface area contributed by atoms with Crippen LogP contribution in [-0.4, -0.2) is 0 Å². The second-order valence-corrected chi connectivity index (χ2v) is 2.39. The molecule has 2 N–H and O–H groups in total. The zero-order chi connectivity index (χ0) is 7.28. The summed E-state index contributed by atoms with van der Waals surface area (Å²) in [5, 5.41) is 0. The van der Waals surface area contributed by atoms with Crippen molar-refractivity contribution in [2.24, 2.45) is 11.7 Å². The van der Waals surface area contributed by atoms with Gasteiger partial charge in [-0.3, -0.25) is 0 Å². The maximum Gasteiger partial charge on any atom is -0.00647 e. The third-order valence-electron chi connectivity index (χ3n) is 1.34. The first-order valence-corrected chi connectivity index (χ1v) is 3.24. The van der Waals surface area contributed by atoms with Crippen LogP contribution in [-0.2, 0) is 0 Å². The minimum atomic E-state index is 0.549. The summed E-state index contributed by atoms with van der Waals surface area (Å²) in [5.74, 6) is 0.549. The SMILES string of the molecule is C=CC/C(=C\N)C(C)C. The van der Waals surface area contributed by atoms with Crippen LogP contribution in [0, 0.1) is 5.92 Å². The number of nitrogens with two attached hydrogens (primary N) is 1. The monoisotopic (exact) mass is 125 g/mol. The van der Waals surface area contributed by atoms with Crippen LogP contribution in [0.2, 0.25) is 0 Å². The van der Waals surface area contributed by atoms with E-state index < -0.39 is 0 Å². The van der Waals surface area contributed by atoms with Crippen LogP contribution in [0.25, 0.3) is 0 Å². The summed E-state index contributed by atoms with van der Waals surface area (Å²) in [6, 6.07) is 0. The van der Waals surface area contributed by atoms with E-state index in [0.717, 1.165) is 6.42 Å². The predicted molar refractivity (Wildman–Crippen MR) is 41.9 cm³/mol. The normalized spacial score (nSPS) is 12.1. The molecule has 0 unspecified atom stereocenters. The first-order valence-electron chi connectivity index (χ1n) is 3.24. The molecule has 0 bridgehead atoms. The first kappa shape index (κ1) is 8.28. The van der Waals surface area contributed by atoms with Crippen LogP contribution in [0.1, 0.15) is 20.3 Å². The van der Waals surface area contributed by atoms with Crippen molar-refractivity contribution in [3.05, 3.63) is 24.4 Å². The fraction of sp³-hybridized carbons (Fsp3) is 0.500. The van der Waals surface area contributed by atoms with Crippen molar-refractivity contribution in [1.82, 2.24) is 0 Å². The summed E-state index contributed by atoms with van der Waals surface area (Å²) in [6.45, 7) is 7.89. The molecule has 0 radical (unpaired) electrons. The van der Waals surface area contributed by atoms with Crippen molar-refractivity contribution in [1.29, 1.82) is 0 Å². The van der Waals surface area contributed by atoms with Gasteiger partial charge in [0.15, 0.2) is 0 Å². The molecule has 0 aliphatic carbocycles. The second kappa shape index (κ2) is 4.19. The third-order valence-corrected chi connectivity index (χ3v) is 1.34. The molecule has 9 heavy (non-hydrogen) atoms. The summed E-state index contributed by atoms with van der Waals surface area (Å²) in [6.07, 6.45) is 4.46. The van der Waals surface area contributed by atoms with Gasteiger partial charge in [-0.1, -0.05) is 19.9 Å². The van der Waals surface area contributed by atoms with E-state index in [1.54, 1.807) is 6.20 Å². The van der Waals surface area contributed by atoms with Gasteiger partial charge in [0.05, 0.1) is 0 Å². The number of allylic oxidation sites excluding steroid dienone is 2. The van der Waals surface area contributed by atoms with Gasteiger partial charge in [-0.2, -0.15) is 0 Å². The average molecular weight is 125 g/mol. The number of hydrogen-bond donors (Lipinski definition) is 1. The molecule has 1 nitrogen and oxygen atoms in total. The molecule has 0 spiro atoms. The Hall–Kier alpha value is -0.720. The lowest BCUT2D eigenvalue weighted by atomic mass is 10.0. The van der Waals surface area contributed by atoms with Gasteiger partial charge in [0, 0.05) is 0 Å². The average Bonchev–Trinajstić information content (AvgIpc) is 1.82. The largest absolute Gasteiger partial charge is 0.405 e. The molecular formula is C8H15N. The highest BCUT2D eigenvalue weighted by Crippen LogP contribution is 2.11. The molecule has 0 saturated carbocycles. The summed E-state index contributed by atoms with van der Waals surface area (Å²) in [7, 11) is 0. The summed E-state index contributed by atoms with van der Waals surface area (Å²) < 4.78 is 0. The fourth-order valence-electron chi connectivity index (χ4n) is 0.663.